The van der Waals surface area contributed by atoms with Crippen molar-refractivity contribution in [1.82, 2.24) is 25.6 Å². The van der Waals surface area contributed by atoms with Crippen LogP contribution in [-0.4, -0.2) is 51.7 Å². The Labute approximate surface area is 140 Å². The minimum absolute atomic E-state index is 0. The highest BCUT2D eigenvalue weighted by Crippen LogP contribution is 2.07. The summed E-state index contributed by atoms with van der Waals surface area (Å²) in [5, 5.41) is 23.4. The molecule has 1 saturated heterocycles. The molecule has 7 nitrogen and oxygen atoms in total. The van der Waals surface area contributed by atoms with Crippen molar-refractivity contribution in [3.63, 3.8) is 0 Å². The lowest BCUT2D eigenvalue weighted by Gasteiger charge is -2.13. The Bertz CT molecular complexity index is 634. The molecule has 1 fully saturated rings. The number of carbonyl (C=O) groups excluding carboxylic acids is 1. The number of nitrogens with zero attached hydrogens (tertiary/aromatic N) is 3. The first-order valence-corrected chi connectivity index (χ1v) is 7.33. The van der Waals surface area contributed by atoms with E-state index in [1.54, 1.807) is 10.9 Å². The molecule has 8 heteroatoms. The normalized spacial score (nSPS) is 20.0. The SMILES string of the molecule is Cl.O=C(NCC1CNCC1O)c1cn(Cc2ccccc2)nn1. The molecule has 1 aromatic heterocycles. The van der Waals surface area contributed by atoms with E-state index < -0.39 is 6.10 Å². The Kier molecular flexibility index (Phi) is 6.09. The van der Waals surface area contributed by atoms with Gasteiger partial charge in [0.1, 0.15) is 0 Å². The van der Waals surface area contributed by atoms with Crippen molar-refractivity contribution in [1.29, 1.82) is 0 Å². The molecule has 0 spiro atoms. The summed E-state index contributed by atoms with van der Waals surface area (Å²) in [5.41, 5.74) is 1.39. The number of rotatable bonds is 5. The molecule has 1 aliphatic heterocycles. The van der Waals surface area contributed by atoms with Gasteiger partial charge in [-0.3, -0.25) is 4.79 Å². The average molecular weight is 338 g/mol. The summed E-state index contributed by atoms with van der Waals surface area (Å²) in [6, 6.07) is 9.86. The molecular formula is C15H20ClN5O2. The van der Waals surface area contributed by atoms with Crippen molar-refractivity contribution in [2.75, 3.05) is 19.6 Å². The molecule has 1 aliphatic rings. The maximum atomic E-state index is 12.0. The molecule has 0 bridgehead atoms. The highest BCUT2D eigenvalue weighted by atomic mass is 35.5. The van der Waals surface area contributed by atoms with E-state index in [1.165, 1.54) is 0 Å². The van der Waals surface area contributed by atoms with Crippen LogP contribution in [-0.2, 0) is 6.54 Å². The van der Waals surface area contributed by atoms with Gasteiger partial charge < -0.3 is 15.7 Å². The summed E-state index contributed by atoms with van der Waals surface area (Å²) >= 11 is 0. The second-order valence-corrected chi connectivity index (χ2v) is 5.48. The van der Waals surface area contributed by atoms with Gasteiger partial charge in [-0.1, -0.05) is 35.5 Å². The Morgan fingerprint density at radius 1 is 1.35 bits per heavy atom. The Morgan fingerprint density at radius 2 is 2.13 bits per heavy atom. The Morgan fingerprint density at radius 3 is 2.83 bits per heavy atom. The van der Waals surface area contributed by atoms with Crippen molar-refractivity contribution >= 4 is 18.3 Å². The molecule has 0 radical (unpaired) electrons. The quantitative estimate of drug-likeness (QED) is 0.717. The van der Waals surface area contributed by atoms with Crippen LogP contribution in [0.1, 0.15) is 16.1 Å². The first-order chi connectivity index (χ1) is 10.7. The minimum Gasteiger partial charge on any atom is -0.391 e. The number of halogens is 1. The van der Waals surface area contributed by atoms with Gasteiger partial charge in [-0.2, -0.15) is 0 Å². The van der Waals surface area contributed by atoms with Gasteiger partial charge in [0.15, 0.2) is 5.69 Å². The molecule has 2 heterocycles. The van der Waals surface area contributed by atoms with Crippen LogP contribution in [0.15, 0.2) is 36.5 Å². The first kappa shape index (κ1) is 17.4. The fourth-order valence-corrected chi connectivity index (χ4v) is 2.49. The molecule has 23 heavy (non-hydrogen) atoms. The van der Waals surface area contributed by atoms with E-state index in [4.69, 9.17) is 0 Å². The van der Waals surface area contributed by atoms with Crippen LogP contribution >= 0.6 is 12.4 Å². The average Bonchev–Trinajstić information content (AvgIpc) is 3.15. The summed E-state index contributed by atoms with van der Waals surface area (Å²) in [5.74, 6) is -0.221. The number of aliphatic hydroxyl groups is 1. The van der Waals surface area contributed by atoms with Crippen molar-refractivity contribution in [3.05, 3.63) is 47.8 Å². The summed E-state index contributed by atoms with van der Waals surface area (Å²) in [6.45, 7) is 2.29. The lowest BCUT2D eigenvalue weighted by Crippen LogP contribution is -2.34. The largest absolute Gasteiger partial charge is 0.391 e. The second kappa shape index (κ2) is 8.05. The summed E-state index contributed by atoms with van der Waals surface area (Å²) in [6.07, 6.45) is 1.22. The molecule has 1 amide bonds. The number of hydrogen-bond donors (Lipinski definition) is 3. The zero-order valence-electron chi connectivity index (χ0n) is 12.6. The van der Waals surface area contributed by atoms with E-state index in [0.717, 1.165) is 5.56 Å². The third-order valence-electron chi connectivity index (χ3n) is 3.79. The number of aliphatic hydroxyl groups excluding tert-OH is 1. The standard InChI is InChI=1S/C15H19N5O2.ClH/c21-14-8-16-6-12(14)7-17-15(22)13-10-20(19-18-13)9-11-4-2-1-3-5-11;/h1-5,10,12,14,16,21H,6-9H2,(H,17,22);1H. The highest BCUT2D eigenvalue weighted by molar-refractivity contribution is 5.91. The predicted molar refractivity (Wildman–Crippen MR) is 87.5 cm³/mol. The van der Waals surface area contributed by atoms with Gasteiger partial charge in [-0.25, -0.2) is 4.68 Å². The molecule has 2 unspecified atom stereocenters. The molecule has 0 aliphatic carbocycles. The third-order valence-corrected chi connectivity index (χ3v) is 3.79. The number of aromatic nitrogens is 3. The number of nitrogens with one attached hydrogen (secondary N) is 2. The Hall–Kier alpha value is -1.96. The van der Waals surface area contributed by atoms with E-state index in [0.29, 0.717) is 26.2 Å². The second-order valence-electron chi connectivity index (χ2n) is 5.48. The van der Waals surface area contributed by atoms with E-state index in [1.807, 2.05) is 30.3 Å². The number of amides is 1. The summed E-state index contributed by atoms with van der Waals surface area (Å²) in [7, 11) is 0. The zero-order valence-corrected chi connectivity index (χ0v) is 13.4. The van der Waals surface area contributed by atoms with Gasteiger partial charge in [-0.15, -0.1) is 17.5 Å². The third kappa shape index (κ3) is 4.51. The van der Waals surface area contributed by atoms with Crippen LogP contribution < -0.4 is 10.6 Å². The number of carbonyl (C=O) groups is 1. The zero-order chi connectivity index (χ0) is 15.4. The van der Waals surface area contributed by atoms with Gasteiger partial charge in [0.2, 0.25) is 0 Å². The maximum Gasteiger partial charge on any atom is 0.273 e. The fourth-order valence-electron chi connectivity index (χ4n) is 2.49. The lowest BCUT2D eigenvalue weighted by atomic mass is 10.1. The Balaban J connectivity index is 0.00000192. The van der Waals surface area contributed by atoms with E-state index in [9.17, 15) is 9.90 Å². The summed E-state index contributed by atoms with van der Waals surface area (Å²) < 4.78 is 1.64. The smallest absolute Gasteiger partial charge is 0.273 e. The van der Waals surface area contributed by atoms with Gasteiger partial charge in [-0.05, 0) is 5.56 Å². The number of benzene rings is 1. The van der Waals surface area contributed by atoms with E-state index in [-0.39, 0.29) is 29.9 Å². The molecule has 2 aromatic rings. The van der Waals surface area contributed by atoms with Crippen LogP contribution in [0.3, 0.4) is 0 Å². The minimum atomic E-state index is -0.408. The monoisotopic (exact) mass is 337 g/mol. The molecule has 0 saturated carbocycles. The van der Waals surface area contributed by atoms with Crippen LogP contribution in [0.2, 0.25) is 0 Å². The van der Waals surface area contributed by atoms with E-state index >= 15 is 0 Å². The van der Waals surface area contributed by atoms with Gasteiger partial charge in [0.25, 0.3) is 5.91 Å². The van der Waals surface area contributed by atoms with Gasteiger partial charge >= 0.3 is 0 Å². The number of hydrogen-bond acceptors (Lipinski definition) is 5. The molecule has 2 atom stereocenters. The maximum absolute atomic E-state index is 12.0. The topological polar surface area (TPSA) is 92.1 Å². The first-order valence-electron chi connectivity index (χ1n) is 7.33. The highest BCUT2D eigenvalue weighted by Gasteiger charge is 2.25. The molecule has 3 rings (SSSR count). The molecule has 124 valence electrons. The molecule has 1 aromatic carbocycles. The van der Waals surface area contributed by atoms with Crippen LogP contribution in [0.4, 0.5) is 0 Å². The van der Waals surface area contributed by atoms with Crippen LogP contribution in [0.25, 0.3) is 0 Å². The van der Waals surface area contributed by atoms with Crippen LogP contribution in [0, 0.1) is 5.92 Å². The lowest BCUT2D eigenvalue weighted by molar-refractivity contribution is 0.0922. The molecular weight excluding hydrogens is 318 g/mol. The van der Waals surface area contributed by atoms with Crippen molar-refractivity contribution in [2.45, 2.75) is 12.6 Å². The molecule has 3 N–H and O–H groups in total. The van der Waals surface area contributed by atoms with Crippen molar-refractivity contribution in [3.8, 4) is 0 Å². The number of β-amino-alcohol motifs (C(OH)–C–C–N with tert-alkyl or cyclic N) is 1. The van der Waals surface area contributed by atoms with Crippen molar-refractivity contribution < 1.29 is 9.90 Å². The van der Waals surface area contributed by atoms with Crippen molar-refractivity contribution in [2.24, 2.45) is 5.92 Å². The van der Waals surface area contributed by atoms with Gasteiger partial charge in [0.05, 0.1) is 18.8 Å². The summed E-state index contributed by atoms with van der Waals surface area (Å²) in [4.78, 5) is 12.0. The van der Waals surface area contributed by atoms with Crippen LogP contribution in [0.5, 0.6) is 0 Å². The van der Waals surface area contributed by atoms with E-state index in [2.05, 4.69) is 20.9 Å². The predicted octanol–water partition coefficient (Wildman–Crippen LogP) is 0.0583. The fraction of sp³-hybridized carbons (Fsp3) is 0.400. The van der Waals surface area contributed by atoms with Gasteiger partial charge in [0, 0.05) is 25.6 Å².